The van der Waals surface area contributed by atoms with Crippen molar-refractivity contribution in [2.75, 3.05) is 11.9 Å². The van der Waals surface area contributed by atoms with Crippen LogP contribution in [0.2, 0.25) is 0 Å². The molecule has 0 aliphatic carbocycles. The summed E-state index contributed by atoms with van der Waals surface area (Å²) in [5.74, 6) is 0. The van der Waals surface area contributed by atoms with Gasteiger partial charge >= 0.3 is 0 Å². The van der Waals surface area contributed by atoms with E-state index in [0.717, 1.165) is 29.9 Å². The standard InChI is InChI=1S/C14H16N4O2S/c1-10-7-17-12(8-16-10)9-18-21(19,20)13-3-2-11-4-5-15-14(11)6-13/h2-3,6-8,15,18H,4-5,9H2,1H3. The maximum atomic E-state index is 12.3. The van der Waals surface area contributed by atoms with Gasteiger partial charge in [-0.05, 0) is 31.0 Å². The van der Waals surface area contributed by atoms with Crippen molar-refractivity contribution in [2.24, 2.45) is 0 Å². The molecule has 1 aliphatic rings. The van der Waals surface area contributed by atoms with Crippen molar-refractivity contribution >= 4 is 15.7 Å². The molecule has 0 saturated carbocycles. The van der Waals surface area contributed by atoms with E-state index in [1.165, 1.54) is 0 Å². The maximum absolute atomic E-state index is 12.3. The topological polar surface area (TPSA) is 84.0 Å². The van der Waals surface area contributed by atoms with Crippen LogP contribution >= 0.6 is 0 Å². The predicted molar refractivity (Wildman–Crippen MR) is 79.4 cm³/mol. The Hall–Kier alpha value is -1.99. The highest BCUT2D eigenvalue weighted by molar-refractivity contribution is 7.89. The second-order valence-electron chi connectivity index (χ2n) is 4.97. The van der Waals surface area contributed by atoms with E-state index in [4.69, 9.17) is 0 Å². The molecular weight excluding hydrogens is 288 g/mol. The first kappa shape index (κ1) is 14.0. The summed E-state index contributed by atoms with van der Waals surface area (Å²) in [5.41, 5.74) is 3.43. The zero-order valence-electron chi connectivity index (χ0n) is 11.6. The highest BCUT2D eigenvalue weighted by Gasteiger charge is 2.18. The zero-order chi connectivity index (χ0) is 14.9. The van der Waals surface area contributed by atoms with E-state index in [9.17, 15) is 8.42 Å². The van der Waals surface area contributed by atoms with Crippen LogP contribution in [-0.4, -0.2) is 24.9 Å². The molecule has 1 aliphatic heterocycles. The summed E-state index contributed by atoms with van der Waals surface area (Å²) in [6.07, 6.45) is 4.12. The van der Waals surface area contributed by atoms with Gasteiger partial charge in [0.25, 0.3) is 0 Å². The number of aryl methyl sites for hydroxylation is 1. The maximum Gasteiger partial charge on any atom is 0.240 e. The first-order valence-corrected chi connectivity index (χ1v) is 8.17. The molecule has 6 nitrogen and oxygen atoms in total. The Morgan fingerprint density at radius 1 is 1.29 bits per heavy atom. The highest BCUT2D eigenvalue weighted by Crippen LogP contribution is 2.25. The Kier molecular flexibility index (Phi) is 3.60. The number of hydrogen-bond donors (Lipinski definition) is 2. The van der Waals surface area contributed by atoms with Crippen LogP contribution in [0.1, 0.15) is 17.0 Å². The van der Waals surface area contributed by atoms with Gasteiger partial charge in [-0.1, -0.05) is 6.07 Å². The van der Waals surface area contributed by atoms with Gasteiger partial charge in [0.15, 0.2) is 0 Å². The summed E-state index contributed by atoms with van der Waals surface area (Å²) in [4.78, 5) is 8.48. The van der Waals surface area contributed by atoms with Crippen LogP contribution in [0.5, 0.6) is 0 Å². The molecule has 2 N–H and O–H groups in total. The van der Waals surface area contributed by atoms with E-state index in [0.29, 0.717) is 5.69 Å². The molecule has 1 aromatic carbocycles. The Labute approximate surface area is 123 Å². The molecular formula is C14H16N4O2S. The zero-order valence-corrected chi connectivity index (χ0v) is 12.4. The van der Waals surface area contributed by atoms with Crippen LogP contribution in [0.15, 0.2) is 35.5 Å². The summed E-state index contributed by atoms with van der Waals surface area (Å²) in [5, 5.41) is 3.18. The fourth-order valence-corrected chi connectivity index (χ4v) is 3.22. The summed E-state index contributed by atoms with van der Waals surface area (Å²) < 4.78 is 27.1. The number of fused-ring (bicyclic) bond motifs is 1. The number of rotatable bonds is 4. The SMILES string of the molecule is Cc1cnc(CNS(=O)(=O)c2ccc3c(c2)NCC3)cn1. The number of hydrogen-bond acceptors (Lipinski definition) is 5. The van der Waals surface area contributed by atoms with E-state index >= 15 is 0 Å². The normalized spacial score (nSPS) is 13.8. The second kappa shape index (κ2) is 5.42. The largest absolute Gasteiger partial charge is 0.384 e. The molecule has 110 valence electrons. The molecule has 0 bridgehead atoms. The lowest BCUT2D eigenvalue weighted by atomic mass is 10.2. The number of nitrogens with zero attached hydrogens (tertiary/aromatic N) is 2. The molecule has 2 aromatic rings. The number of benzene rings is 1. The molecule has 3 rings (SSSR count). The van der Waals surface area contributed by atoms with Gasteiger partial charge in [0.05, 0.1) is 29.0 Å². The third-order valence-corrected chi connectivity index (χ3v) is 4.78. The summed E-state index contributed by atoms with van der Waals surface area (Å²) in [7, 11) is -3.55. The first-order chi connectivity index (χ1) is 10.0. The Morgan fingerprint density at radius 2 is 2.14 bits per heavy atom. The average Bonchev–Trinajstić information content (AvgIpc) is 2.94. The van der Waals surface area contributed by atoms with E-state index in [-0.39, 0.29) is 11.4 Å². The van der Waals surface area contributed by atoms with Gasteiger partial charge in [0.1, 0.15) is 0 Å². The highest BCUT2D eigenvalue weighted by atomic mass is 32.2. The quantitative estimate of drug-likeness (QED) is 0.887. The third-order valence-electron chi connectivity index (χ3n) is 3.38. The van der Waals surface area contributed by atoms with Gasteiger partial charge in [0.2, 0.25) is 10.0 Å². The monoisotopic (exact) mass is 304 g/mol. The van der Waals surface area contributed by atoms with Gasteiger partial charge < -0.3 is 5.32 Å². The Morgan fingerprint density at radius 3 is 2.90 bits per heavy atom. The van der Waals surface area contributed by atoms with Crippen LogP contribution < -0.4 is 10.0 Å². The smallest absolute Gasteiger partial charge is 0.240 e. The van der Waals surface area contributed by atoms with E-state index in [1.54, 1.807) is 24.5 Å². The van der Waals surface area contributed by atoms with Gasteiger partial charge in [-0.25, -0.2) is 13.1 Å². The van der Waals surface area contributed by atoms with Crippen molar-refractivity contribution < 1.29 is 8.42 Å². The molecule has 0 spiro atoms. The number of sulfonamides is 1. The minimum absolute atomic E-state index is 0.125. The molecule has 7 heteroatoms. The molecule has 0 radical (unpaired) electrons. The molecule has 0 saturated heterocycles. The van der Waals surface area contributed by atoms with Gasteiger partial charge in [-0.15, -0.1) is 0 Å². The third kappa shape index (κ3) is 3.03. The van der Waals surface area contributed by atoms with E-state index in [2.05, 4.69) is 20.0 Å². The van der Waals surface area contributed by atoms with Crippen molar-refractivity contribution in [1.29, 1.82) is 0 Å². The summed E-state index contributed by atoms with van der Waals surface area (Å²) >= 11 is 0. The molecule has 0 atom stereocenters. The Bertz CT molecular complexity index is 757. The minimum Gasteiger partial charge on any atom is -0.384 e. The fourth-order valence-electron chi connectivity index (χ4n) is 2.20. The van der Waals surface area contributed by atoms with Crippen LogP contribution in [0.25, 0.3) is 0 Å². The van der Waals surface area contributed by atoms with Crippen molar-refractivity contribution in [3.05, 3.63) is 47.5 Å². The van der Waals surface area contributed by atoms with E-state index < -0.39 is 10.0 Å². The lowest BCUT2D eigenvalue weighted by Crippen LogP contribution is -2.24. The molecule has 0 unspecified atom stereocenters. The van der Waals surface area contributed by atoms with Crippen molar-refractivity contribution in [3.63, 3.8) is 0 Å². The fraction of sp³-hybridized carbons (Fsp3) is 0.286. The van der Waals surface area contributed by atoms with E-state index in [1.807, 2.05) is 13.0 Å². The Balaban J connectivity index is 1.76. The lowest BCUT2D eigenvalue weighted by molar-refractivity contribution is 0.580. The average molecular weight is 304 g/mol. The second-order valence-corrected chi connectivity index (χ2v) is 6.74. The van der Waals surface area contributed by atoms with Gasteiger partial charge in [-0.2, -0.15) is 0 Å². The first-order valence-electron chi connectivity index (χ1n) is 6.68. The minimum atomic E-state index is -3.55. The van der Waals surface area contributed by atoms with Crippen LogP contribution in [0, 0.1) is 6.92 Å². The van der Waals surface area contributed by atoms with Gasteiger partial charge in [0, 0.05) is 18.4 Å². The van der Waals surface area contributed by atoms with Crippen LogP contribution in [0.4, 0.5) is 5.69 Å². The molecule has 0 fully saturated rings. The molecule has 0 amide bonds. The summed E-state index contributed by atoms with van der Waals surface area (Å²) in [6.45, 7) is 2.81. The molecule has 21 heavy (non-hydrogen) atoms. The van der Waals surface area contributed by atoms with Crippen molar-refractivity contribution in [1.82, 2.24) is 14.7 Å². The number of aromatic nitrogens is 2. The van der Waals surface area contributed by atoms with Crippen LogP contribution in [-0.2, 0) is 23.0 Å². The van der Waals surface area contributed by atoms with Crippen molar-refractivity contribution in [2.45, 2.75) is 24.8 Å². The van der Waals surface area contributed by atoms with Crippen molar-refractivity contribution in [3.8, 4) is 0 Å². The number of anilines is 1. The summed E-state index contributed by atoms with van der Waals surface area (Å²) in [6, 6.07) is 5.16. The molecule has 2 heterocycles. The predicted octanol–water partition coefficient (Wildman–Crippen LogP) is 1.23. The lowest BCUT2D eigenvalue weighted by Gasteiger charge is -2.08. The van der Waals surface area contributed by atoms with Crippen LogP contribution in [0.3, 0.4) is 0 Å². The molecule has 1 aromatic heterocycles. The van der Waals surface area contributed by atoms with Gasteiger partial charge in [-0.3, -0.25) is 9.97 Å². The number of nitrogens with one attached hydrogen (secondary N) is 2.